The fraction of sp³-hybridized carbons (Fsp3) is 0.412. The summed E-state index contributed by atoms with van der Waals surface area (Å²) in [6, 6.07) is 6.38. The molecule has 1 aromatic carbocycles. The highest BCUT2D eigenvalue weighted by atomic mass is 19.1. The van der Waals surface area contributed by atoms with Crippen LogP contribution in [0.15, 0.2) is 29.4 Å². The normalized spacial score (nSPS) is 15.7. The third-order valence-corrected chi connectivity index (χ3v) is 4.10. The third kappa shape index (κ3) is 3.03. The Balaban J connectivity index is 1.86. The van der Waals surface area contributed by atoms with Gasteiger partial charge in [0.15, 0.2) is 0 Å². The molecule has 22 heavy (non-hydrogen) atoms. The Morgan fingerprint density at radius 3 is 2.45 bits per heavy atom. The fourth-order valence-corrected chi connectivity index (χ4v) is 2.81. The van der Waals surface area contributed by atoms with Crippen LogP contribution in [0.1, 0.15) is 36.2 Å². The SMILES string of the molecule is Cc1nn(-c2ccc(F)cc2)c(C)c1C=NN1CCCCC1. The van der Waals surface area contributed by atoms with E-state index in [1.807, 2.05) is 24.7 Å². The van der Waals surface area contributed by atoms with Gasteiger partial charge in [0.25, 0.3) is 0 Å². The second kappa shape index (κ2) is 6.30. The average Bonchev–Trinajstić information content (AvgIpc) is 2.82. The fourth-order valence-electron chi connectivity index (χ4n) is 2.81. The highest BCUT2D eigenvalue weighted by molar-refractivity contribution is 5.82. The van der Waals surface area contributed by atoms with Crippen molar-refractivity contribution in [2.45, 2.75) is 33.1 Å². The average molecular weight is 300 g/mol. The van der Waals surface area contributed by atoms with E-state index in [2.05, 4.69) is 15.2 Å². The van der Waals surface area contributed by atoms with Gasteiger partial charge in [0, 0.05) is 18.7 Å². The summed E-state index contributed by atoms with van der Waals surface area (Å²) in [5.74, 6) is -0.239. The van der Waals surface area contributed by atoms with Crippen LogP contribution < -0.4 is 0 Å². The van der Waals surface area contributed by atoms with Crippen molar-refractivity contribution in [1.82, 2.24) is 14.8 Å². The zero-order valence-electron chi connectivity index (χ0n) is 13.1. The summed E-state index contributed by atoms with van der Waals surface area (Å²) < 4.78 is 14.9. The summed E-state index contributed by atoms with van der Waals surface area (Å²) in [5.41, 5.74) is 3.85. The van der Waals surface area contributed by atoms with Crippen LogP contribution in [0.4, 0.5) is 4.39 Å². The Bertz CT molecular complexity index is 667. The standard InChI is InChI=1S/C17H21FN4/c1-13-17(12-19-21-10-4-3-5-11-21)14(2)22(20-13)16-8-6-15(18)7-9-16/h6-9,12H,3-5,10-11H2,1-2H3. The lowest BCUT2D eigenvalue weighted by Crippen LogP contribution is -2.24. The third-order valence-electron chi connectivity index (χ3n) is 4.10. The van der Waals surface area contributed by atoms with E-state index >= 15 is 0 Å². The second-order valence-electron chi connectivity index (χ2n) is 5.73. The van der Waals surface area contributed by atoms with Gasteiger partial charge in [0.05, 0.1) is 23.3 Å². The van der Waals surface area contributed by atoms with Crippen LogP contribution in [0.5, 0.6) is 0 Å². The molecule has 1 aliphatic rings. The maximum atomic E-state index is 13.1. The molecular formula is C17H21FN4. The van der Waals surface area contributed by atoms with Gasteiger partial charge in [-0.05, 0) is 57.4 Å². The van der Waals surface area contributed by atoms with Gasteiger partial charge in [0.1, 0.15) is 5.82 Å². The first kappa shape index (κ1) is 14.8. The van der Waals surface area contributed by atoms with Crippen molar-refractivity contribution in [3.63, 3.8) is 0 Å². The molecule has 2 aromatic rings. The molecule has 116 valence electrons. The largest absolute Gasteiger partial charge is 0.297 e. The van der Waals surface area contributed by atoms with Gasteiger partial charge in [-0.15, -0.1) is 0 Å². The van der Waals surface area contributed by atoms with E-state index in [1.165, 1.54) is 31.4 Å². The Morgan fingerprint density at radius 1 is 1.09 bits per heavy atom. The summed E-state index contributed by atoms with van der Waals surface area (Å²) in [6.07, 6.45) is 5.63. The van der Waals surface area contributed by atoms with E-state index < -0.39 is 0 Å². The van der Waals surface area contributed by atoms with Crippen LogP contribution in [-0.4, -0.2) is 34.1 Å². The first-order valence-corrected chi connectivity index (χ1v) is 7.76. The van der Waals surface area contributed by atoms with Crippen molar-refractivity contribution in [2.24, 2.45) is 5.10 Å². The minimum atomic E-state index is -0.239. The van der Waals surface area contributed by atoms with Crippen LogP contribution in [0.3, 0.4) is 0 Å². The zero-order chi connectivity index (χ0) is 15.5. The predicted octanol–water partition coefficient (Wildman–Crippen LogP) is 3.45. The number of hydrogen-bond acceptors (Lipinski definition) is 3. The van der Waals surface area contributed by atoms with Crippen LogP contribution in [0.2, 0.25) is 0 Å². The highest BCUT2D eigenvalue weighted by Gasteiger charge is 2.12. The van der Waals surface area contributed by atoms with E-state index in [0.717, 1.165) is 35.7 Å². The number of rotatable bonds is 3. The molecule has 5 heteroatoms. The Morgan fingerprint density at radius 2 is 1.77 bits per heavy atom. The van der Waals surface area contributed by atoms with Crippen molar-refractivity contribution < 1.29 is 4.39 Å². The highest BCUT2D eigenvalue weighted by Crippen LogP contribution is 2.17. The molecule has 0 saturated carbocycles. The van der Waals surface area contributed by atoms with Gasteiger partial charge in [-0.3, -0.25) is 5.01 Å². The van der Waals surface area contributed by atoms with Crippen molar-refractivity contribution >= 4 is 6.21 Å². The second-order valence-corrected chi connectivity index (χ2v) is 5.73. The smallest absolute Gasteiger partial charge is 0.123 e. The molecule has 2 heterocycles. The minimum absolute atomic E-state index is 0.239. The lowest BCUT2D eigenvalue weighted by molar-refractivity contribution is 0.240. The molecule has 3 rings (SSSR count). The molecule has 0 N–H and O–H groups in total. The van der Waals surface area contributed by atoms with Gasteiger partial charge in [0.2, 0.25) is 0 Å². The molecule has 0 radical (unpaired) electrons. The zero-order valence-corrected chi connectivity index (χ0v) is 13.1. The topological polar surface area (TPSA) is 33.4 Å². The first-order chi connectivity index (χ1) is 10.6. The molecule has 0 amide bonds. The molecular weight excluding hydrogens is 279 g/mol. The Labute approximate surface area is 130 Å². The first-order valence-electron chi connectivity index (χ1n) is 7.76. The number of hydrogen-bond donors (Lipinski definition) is 0. The van der Waals surface area contributed by atoms with E-state index in [9.17, 15) is 4.39 Å². The molecule has 1 fully saturated rings. The van der Waals surface area contributed by atoms with Gasteiger partial charge >= 0.3 is 0 Å². The molecule has 4 nitrogen and oxygen atoms in total. The number of aromatic nitrogens is 2. The van der Waals surface area contributed by atoms with Gasteiger partial charge in [-0.2, -0.15) is 10.2 Å². The number of benzene rings is 1. The van der Waals surface area contributed by atoms with E-state index in [-0.39, 0.29) is 5.82 Å². The van der Waals surface area contributed by atoms with Crippen LogP contribution in [-0.2, 0) is 0 Å². The van der Waals surface area contributed by atoms with Crippen molar-refractivity contribution in [3.8, 4) is 5.69 Å². The number of halogens is 1. The Hall–Kier alpha value is -2.17. The Kier molecular flexibility index (Phi) is 4.22. The van der Waals surface area contributed by atoms with Crippen LogP contribution in [0, 0.1) is 19.7 Å². The maximum Gasteiger partial charge on any atom is 0.123 e. The maximum absolute atomic E-state index is 13.1. The molecule has 0 unspecified atom stereocenters. The van der Waals surface area contributed by atoms with Gasteiger partial charge < -0.3 is 0 Å². The lowest BCUT2D eigenvalue weighted by atomic mass is 10.2. The molecule has 0 atom stereocenters. The summed E-state index contributed by atoms with van der Waals surface area (Å²) in [7, 11) is 0. The van der Waals surface area contributed by atoms with Crippen molar-refractivity contribution in [2.75, 3.05) is 13.1 Å². The van der Waals surface area contributed by atoms with E-state index in [4.69, 9.17) is 0 Å². The minimum Gasteiger partial charge on any atom is -0.297 e. The van der Waals surface area contributed by atoms with Gasteiger partial charge in [-0.25, -0.2) is 9.07 Å². The van der Waals surface area contributed by atoms with Gasteiger partial charge in [-0.1, -0.05) is 0 Å². The summed E-state index contributed by atoms with van der Waals surface area (Å²) >= 11 is 0. The van der Waals surface area contributed by atoms with Crippen molar-refractivity contribution in [1.29, 1.82) is 0 Å². The summed E-state index contributed by atoms with van der Waals surface area (Å²) in [4.78, 5) is 0. The molecule has 0 spiro atoms. The molecule has 0 bridgehead atoms. The van der Waals surface area contributed by atoms with Crippen LogP contribution in [0.25, 0.3) is 5.69 Å². The predicted molar refractivity (Wildman–Crippen MR) is 86.0 cm³/mol. The van der Waals surface area contributed by atoms with E-state index in [1.54, 1.807) is 12.1 Å². The number of hydrazone groups is 1. The molecule has 1 aliphatic heterocycles. The number of aryl methyl sites for hydroxylation is 1. The monoisotopic (exact) mass is 300 g/mol. The van der Waals surface area contributed by atoms with Crippen molar-refractivity contribution in [3.05, 3.63) is 47.0 Å². The number of nitrogens with zero attached hydrogens (tertiary/aromatic N) is 4. The summed E-state index contributed by atoms with van der Waals surface area (Å²) in [5, 5.41) is 11.3. The molecule has 1 aromatic heterocycles. The van der Waals surface area contributed by atoms with E-state index in [0.29, 0.717) is 0 Å². The molecule has 1 saturated heterocycles. The summed E-state index contributed by atoms with van der Waals surface area (Å²) in [6.45, 7) is 6.05. The van der Waals surface area contributed by atoms with Crippen LogP contribution >= 0.6 is 0 Å². The quantitative estimate of drug-likeness (QED) is 0.814. The number of piperidine rings is 1. The molecule has 0 aliphatic carbocycles. The lowest BCUT2D eigenvalue weighted by Gasteiger charge is -2.23.